The number of hydrogen-bond donors (Lipinski definition) is 2. The van der Waals surface area contributed by atoms with E-state index in [1.54, 1.807) is 12.3 Å². The van der Waals surface area contributed by atoms with Crippen molar-refractivity contribution in [2.24, 2.45) is 0 Å². The van der Waals surface area contributed by atoms with Crippen molar-refractivity contribution in [1.29, 1.82) is 5.26 Å². The fourth-order valence-electron chi connectivity index (χ4n) is 3.38. The number of anilines is 3. The Balaban J connectivity index is 1.46. The van der Waals surface area contributed by atoms with Gasteiger partial charge in [-0.1, -0.05) is 6.07 Å². The van der Waals surface area contributed by atoms with Crippen molar-refractivity contribution in [2.45, 2.75) is 25.7 Å². The topological polar surface area (TPSA) is 90.7 Å². The summed E-state index contributed by atoms with van der Waals surface area (Å²) in [5, 5.41) is 14.9. The Morgan fingerprint density at radius 1 is 1.14 bits per heavy atom. The van der Waals surface area contributed by atoms with Crippen LogP contribution in [0.2, 0.25) is 0 Å². The van der Waals surface area contributed by atoms with E-state index >= 15 is 0 Å². The number of carbonyl (C=O) groups is 1. The number of benzene rings is 2. The molecule has 2 aromatic carbocycles. The number of aromatic nitrogens is 2. The Morgan fingerprint density at radius 3 is 2.90 bits per heavy atom. The van der Waals surface area contributed by atoms with Gasteiger partial charge in [0, 0.05) is 23.3 Å². The lowest BCUT2D eigenvalue weighted by Crippen LogP contribution is -2.03. The summed E-state index contributed by atoms with van der Waals surface area (Å²) >= 11 is 0. The zero-order valence-electron chi connectivity index (χ0n) is 15.6. The highest BCUT2D eigenvalue weighted by Gasteiger charge is 2.17. The number of fused-ring (bicyclic) bond motifs is 1. The molecule has 0 aliphatic carbocycles. The quantitative estimate of drug-likeness (QED) is 0.673. The number of amides is 1. The molecule has 1 aliphatic heterocycles. The van der Waals surface area contributed by atoms with Crippen molar-refractivity contribution >= 4 is 23.2 Å². The van der Waals surface area contributed by atoms with E-state index in [1.165, 1.54) is 12.1 Å². The van der Waals surface area contributed by atoms with Gasteiger partial charge in [0.2, 0.25) is 11.9 Å². The summed E-state index contributed by atoms with van der Waals surface area (Å²) in [4.78, 5) is 20.3. The average Bonchev–Trinajstić information content (AvgIpc) is 3.08. The fraction of sp³-hybridized carbons (Fsp3) is 0.182. The van der Waals surface area contributed by atoms with Gasteiger partial charge >= 0.3 is 0 Å². The molecule has 0 saturated heterocycles. The number of nitriles is 1. The summed E-state index contributed by atoms with van der Waals surface area (Å²) < 4.78 is 13.6. The molecule has 0 radical (unpaired) electrons. The van der Waals surface area contributed by atoms with Crippen LogP contribution in [-0.4, -0.2) is 15.9 Å². The predicted molar refractivity (Wildman–Crippen MR) is 107 cm³/mol. The van der Waals surface area contributed by atoms with Crippen LogP contribution in [0.25, 0.3) is 0 Å². The zero-order chi connectivity index (χ0) is 20.2. The predicted octanol–water partition coefficient (Wildman–Crippen LogP) is 3.71. The first-order chi connectivity index (χ1) is 14.1. The molecule has 1 aromatic heterocycles. The van der Waals surface area contributed by atoms with Gasteiger partial charge in [0.15, 0.2) is 0 Å². The highest BCUT2D eigenvalue weighted by molar-refractivity contribution is 5.99. The Morgan fingerprint density at radius 2 is 2.03 bits per heavy atom. The molecular formula is C22H18FN5O. The van der Waals surface area contributed by atoms with E-state index in [1.807, 2.05) is 24.3 Å². The molecule has 29 heavy (non-hydrogen) atoms. The smallest absolute Gasteiger partial charge is 0.228 e. The van der Waals surface area contributed by atoms with Crippen LogP contribution in [0.5, 0.6) is 0 Å². The summed E-state index contributed by atoms with van der Waals surface area (Å²) in [6.45, 7) is 0. The molecule has 0 unspecified atom stereocenters. The van der Waals surface area contributed by atoms with Gasteiger partial charge < -0.3 is 10.6 Å². The third-order valence-electron chi connectivity index (χ3n) is 4.79. The molecule has 6 nitrogen and oxygen atoms in total. The molecule has 3 aromatic rings. The molecule has 1 amide bonds. The van der Waals surface area contributed by atoms with Crippen LogP contribution in [0.15, 0.2) is 48.7 Å². The van der Waals surface area contributed by atoms with Gasteiger partial charge in [-0.25, -0.2) is 14.4 Å². The molecule has 0 fully saturated rings. The van der Waals surface area contributed by atoms with Gasteiger partial charge in [-0.05, 0) is 65.9 Å². The van der Waals surface area contributed by atoms with E-state index in [9.17, 15) is 9.18 Å². The maximum atomic E-state index is 13.6. The molecule has 0 saturated carbocycles. The number of nitrogens with zero attached hydrogens (tertiary/aromatic N) is 3. The minimum atomic E-state index is -0.309. The monoisotopic (exact) mass is 387 g/mol. The van der Waals surface area contributed by atoms with Gasteiger partial charge in [-0.2, -0.15) is 5.26 Å². The van der Waals surface area contributed by atoms with E-state index in [4.69, 9.17) is 5.26 Å². The maximum Gasteiger partial charge on any atom is 0.228 e. The third kappa shape index (κ3) is 4.38. The van der Waals surface area contributed by atoms with Crippen LogP contribution in [0.3, 0.4) is 0 Å². The van der Waals surface area contributed by atoms with Crippen LogP contribution < -0.4 is 10.6 Å². The Kier molecular flexibility index (Phi) is 5.16. The Labute approximate surface area is 167 Å². The maximum absolute atomic E-state index is 13.6. The fourth-order valence-corrected chi connectivity index (χ4v) is 3.38. The van der Waals surface area contributed by atoms with Crippen LogP contribution >= 0.6 is 0 Å². The number of aryl methyl sites for hydroxylation is 2. The van der Waals surface area contributed by atoms with E-state index in [-0.39, 0.29) is 18.1 Å². The normalized spacial score (nSPS) is 12.2. The first kappa shape index (κ1) is 18.6. The largest absolute Gasteiger partial charge is 0.326 e. The van der Waals surface area contributed by atoms with Crippen LogP contribution in [-0.2, 0) is 30.5 Å². The lowest BCUT2D eigenvalue weighted by Gasteiger charge is -2.09. The van der Waals surface area contributed by atoms with Crippen molar-refractivity contribution in [3.05, 3.63) is 76.9 Å². The molecule has 0 spiro atoms. The lowest BCUT2D eigenvalue weighted by molar-refractivity contribution is -0.115. The van der Waals surface area contributed by atoms with Gasteiger partial charge in [0.05, 0.1) is 18.9 Å². The van der Waals surface area contributed by atoms with Crippen molar-refractivity contribution < 1.29 is 9.18 Å². The molecule has 2 heterocycles. The van der Waals surface area contributed by atoms with Gasteiger partial charge in [0.25, 0.3) is 0 Å². The second kappa shape index (κ2) is 8.07. The standard InChI is InChI=1S/C22H18FN5O/c23-17-3-1-14(7-9-24)15(11-17)2-4-18-8-10-25-22(26-18)27-19-5-6-20-16(12-19)13-21(29)28-20/h1,3,5-6,8,10-12H,2,4,7,13H2,(H,28,29)(H,25,26,27). The highest BCUT2D eigenvalue weighted by atomic mass is 19.1. The number of halogens is 1. The van der Waals surface area contributed by atoms with Crippen molar-refractivity contribution in [1.82, 2.24) is 9.97 Å². The molecule has 0 bridgehead atoms. The number of carbonyl (C=O) groups excluding carboxylic acids is 1. The zero-order valence-corrected chi connectivity index (χ0v) is 15.6. The summed E-state index contributed by atoms with van der Waals surface area (Å²) in [5.74, 6) is 0.135. The summed E-state index contributed by atoms with van der Waals surface area (Å²) in [5.41, 5.74) is 5.04. The second-order valence-electron chi connectivity index (χ2n) is 6.84. The van der Waals surface area contributed by atoms with Crippen LogP contribution in [0.4, 0.5) is 21.7 Å². The summed E-state index contributed by atoms with van der Waals surface area (Å²) in [7, 11) is 0. The van der Waals surface area contributed by atoms with Gasteiger partial charge in [-0.15, -0.1) is 0 Å². The minimum Gasteiger partial charge on any atom is -0.326 e. The molecular weight excluding hydrogens is 369 g/mol. The average molecular weight is 387 g/mol. The summed E-state index contributed by atoms with van der Waals surface area (Å²) in [6.07, 6.45) is 3.47. The third-order valence-corrected chi connectivity index (χ3v) is 4.79. The van der Waals surface area contributed by atoms with E-state index in [0.717, 1.165) is 33.8 Å². The van der Waals surface area contributed by atoms with Crippen molar-refractivity contribution in [3.63, 3.8) is 0 Å². The highest BCUT2D eigenvalue weighted by Crippen LogP contribution is 2.27. The first-order valence-corrected chi connectivity index (χ1v) is 9.27. The van der Waals surface area contributed by atoms with Gasteiger partial charge in [-0.3, -0.25) is 4.79 Å². The van der Waals surface area contributed by atoms with Gasteiger partial charge in [0.1, 0.15) is 5.82 Å². The van der Waals surface area contributed by atoms with E-state index < -0.39 is 0 Å². The van der Waals surface area contributed by atoms with E-state index in [0.29, 0.717) is 25.2 Å². The number of rotatable bonds is 6. The molecule has 1 aliphatic rings. The molecule has 144 valence electrons. The molecule has 0 atom stereocenters. The minimum absolute atomic E-state index is 0.0106. The second-order valence-corrected chi connectivity index (χ2v) is 6.84. The molecule has 4 rings (SSSR count). The number of nitrogens with one attached hydrogen (secondary N) is 2. The van der Waals surface area contributed by atoms with Crippen LogP contribution in [0.1, 0.15) is 22.4 Å². The number of hydrogen-bond acceptors (Lipinski definition) is 5. The summed E-state index contributed by atoms with van der Waals surface area (Å²) in [6, 6.07) is 14.1. The Bertz CT molecular complexity index is 1120. The van der Waals surface area contributed by atoms with Crippen molar-refractivity contribution in [2.75, 3.05) is 10.6 Å². The SMILES string of the molecule is N#CCc1ccc(F)cc1CCc1ccnc(Nc2ccc3c(c2)CC(=O)N3)n1. The molecule has 7 heteroatoms. The first-order valence-electron chi connectivity index (χ1n) is 9.27. The lowest BCUT2D eigenvalue weighted by atomic mass is 10.00. The van der Waals surface area contributed by atoms with Crippen molar-refractivity contribution in [3.8, 4) is 6.07 Å². The van der Waals surface area contributed by atoms with Crippen LogP contribution in [0, 0.1) is 17.1 Å². The molecule has 2 N–H and O–H groups in total. The van der Waals surface area contributed by atoms with E-state index in [2.05, 4.69) is 26.7 Å². The Hall–Kier alpha value is -3.79.